The number of benzene rings is 6. The molecule has 2 aliphatic heterocycles. The number of nitrogens with zero attached hydrogens (tertiary/aromatic N) is 1. The zero-order chi connectivity index (χ0) is 41.4. The number of carbonyl (C=O) groups excluding carboxylic acids is 3. The van der Waals surface area contributed by atoms with Gasteiger partial charge in [-0.05, 0) is 64.9 Å². The number of hydrogen-bond acceptors (Lipinski definition) is 9. The summed E-state index contributed by atoms with van der Waals surface area (Å²) in [4.78, 5) is 57.0. The number of hydrogen-bond donors (Lipinski definition) is 3. The number of fused-ring (bicyclic) bond motifs is 4. The molecular formula is C45H30Cl2N2O9. The number of aromatic hydroxyl groups is 1. The van der Waals surface area contributed by atoms with E-state index in [-0.39, 0.29) is 50.6 Å². The molecular weight excluding hydrogens is 783 g/mol. The third-order valence-electron chi connectivity index (χ3n) is 9.58. The molecule has 0 unspecified atom stereocenters. The molecule has 0 fully saturated rings. The summed E-state index contributed by atoms with van der Waals surface area (Å²) in [6.07, 6.45) is 0.250. The molecule has 0 radical (unpaired) electrons. The Bertz CT molecular complexity index is 3010. The van der Waals surface area contributed by atoms with E-state index in [0.29, 0.717) is 44.4 Å². The molecule has 288 valence electrons. The molecule has 0 atom stereocenters. The minimum atomic E-state index is -1.31. The van der Waals surface area contributed by atoms with Crippen LogP contribution >= 0.6 is 23.2 Å². The highest BCUT2D eigenvalue weighted by Gasteiger charge is 2.31. The molecule has 5 aromatic carbocycles. The molecule has 11 nitrogen and oxygen atoms in total. The van der Waals surface area contributed by atoms with Gasteiger partial charge in [0.05, 0.1) is 21.2 Å². The summed E-state index contributed by atoms with van der Waals surface area (Å²) in [5.74, 6) is -0.533. The summed E-state index contributed by atoms with van der Waals surface area (Å²) in [6, 6.07) is 29.1. The number of amides is 1. The van der Waals surface area contributed by atoms with Crippen LogP contribution in [0.4, 0.5) is 5.69 Å². The Balaban J connectivity index is 0.00000166. The molecule has 3 N–H and O–H groups in total. The highest BCUT2D eigenvalue weighted by molar-refractivity contribution is 6.40. The number of carbonyl (C=O) groups is 2. The minimum Gasteiger partial charge on any atom is -0.508 e. The maximum Gasteiger partial charge on any atom is 0.373 e. The average Bonchev–Trinajstić information content (AvgIpc) is 3.18. The van der Waals surface area contributed by atoms with Crippen LogP contribution in [0.1, 0.15) is 37.4 Å². The Morgan fingerprint density at radius 1 is 0.845 bits per heavy atom. The Hall–Kier alpha value is -7.17. The third kappa shape index (κ3) is 7.29. The molecule has 0 aromatic heterocycles. The molecule has 1 amide bonds. The van der Waals surface area contributed by atoms with E-state index in [2.05, 4.69) is 11.9 Å². The first-order chi connectivity index (χ1) is 27.8. The normalized spacial score (nSPS) is 11.4. The minimum absolute atomic E-state index is 0.00367. The molecule has 0 spiro atoms. The molecule has 3 aliphatic rings. The van der Waals surface area contributed by atoms with Crippen LogP contribution in [-0.4, -0.2) is 42.3 Å². The molecule has 58 heavy (non-hydrogen) atoms. The first-order valence-electron chi connectivity index (χ1n) is 17.4. The lowest BCUT2D eigenvalue weighted by Crippen LogP contribution is -2.25. The van der Waals surface area contributed by atoms with Crippen LogP contribution in [0.3, 0.4) is 0 Å². The van der Waals surface area contributed by atoms with Gasteiger partial charge in [0.2, 0.25) is 0 Å². The summed E-state index contributed by atoms with van der Waals surface area (Å²) >= 11 is 13.8. The Morgan fingerprint density at radius 3 is 2.28 bits per heavy atom. The van der Waals surface area contributed by atoms with Crippen molar-refractivity contribution in [3.63, 3.8) is 0 Å². The van der Waals surface area contributed by atoms with Gasteiger partial charge in [-0.25, -0.2) is 4.79 Å². The maximum atomic E-state index is 13.9. The SMILES string of the molecule is C=c1ccc2c(c1)Oc1cc(N(C)C)ccc1C=2c1c(Cl)c(C(=O)NCc2ccc(-c3c4ccc(=O)cc-4oc4cc(O)ccc34)cc2)cc(Cl)c1C(=O)O.O=C=O. The maximum absolute atomic E-state index is 13.9. The number of halogens is 2. The van der Waals surface area contributed by atoms with E-state index >= 15 is 0 Å². The number of phenols is 1. The second kappa shape index (κ2) is 15.8. The zero-order valence-electron chi connectivity index (χ0n) is 30.7. The van der Waals surface area contributed by atoms with Gasteiger partial charge >= 0.3 is 12.1 Å². The van der Waals surface area contributed by atoms with E-state index in [0.717, 1.165) is 33.3 Å². The Kier molecular flexibility index (Phi) is 10.6. The monoisotopic (exact) mass is 812 g/mol. The number of anilines is 1. The quantitative estimate of drug-likeness (QED) is 0.138. The van der Waals surface area contributed by atoms with Gasteiger partial charge in [-0.2, -0.15) is 9.59 Å². The number of carboxylic acid groups (broad SMARTS) is 1. The van der Waals surface area contributed by atoms with Crippen molar-refractivity contribution in [1.29, 1.82) is 0 Å². The zero-order valence-corrected chi connectivity index (χ0v) is 32.2. The molecule has 0 saturated heterocycles. The van der Waals surface area contributed by atoms with Gasteiger partial charge in [0.25, 0.3) is 5.91 Å². The highest BCUT2D eigenvalue weighted by Crippen LogP contribution is 2.44. The van der Waals surface area contributed by atoms with Crippen LogP contribution in [-0.2, 0) is 16.1 Å². The summed E-state index contributed by atoms with van der Waals surface area (Å²) in [6.45, 7) is 4.13. The topological polar surface area (TPSA) is 163 Å². The number of nitrogens with one attached hydrogen (secondary N) is 1. The van der Waals surface area contributed by atoms with Crippen molar-refractivity contribution < 1.29 is 38.5 Å². The number of carboxylic acids is 1. The fourth-order valence-corrected chi connectivity index (χ4v) is 7.56. The van der Waals surface area contributed by atoms with Gasteiger partial charge in [0, 0.05) is 83.0 Å². The van der Waals surface area contributed by atoms with Crippen molar-refractivity contribution in [2.45, 2.75) is 6.54 Å². The molecule has 5 aromatic rings. The van der Waals surface area contributed by atoms with Crippen molar-refractivity contribution in [2.75, 3.05) is 19.0 Å². The van der Waals surface area contributed by atoms with Gasteiger partial charge in [0.15, 0.2) is 5.43 Å². The van der Waals surface area contributed by atoms with Gasteiger partial charge in [0.1, 0.15) is 28.6 Å². The van der Waals surface area contributed by atoms with Crippen molar-refractivity contribution in [3.05, 3.63) is 162 Å². The summed E-state index contributed by atoms with van der Waals surface area (Å²) in [7, 11) is 3.79. The fraction of sp³-hybridized carbons (Fsp3) is 0.0667. The first kappa shape index (κ1) is 39.1. The molecule has 8 rings (SSSR count). The van der Waals surface area contributed by atoms with Crippen LogP contribution in [0.15, 0.2) is 112 Å². The Morgan fingerprint density at radius 2 is 1.57 bits per heavy atom. The molecule has 13 heteroatoms. The second-order valence-corrected chi connectivity index (χ2v) is 14.2. The summed E-state index contributed by atoms with van der Waals surface area (Å²) < 4.78 is 12.3. The smallest absolute Gasteiger partial charge is 0.373 e. The largest absolute Gasteiger partial charge is 0.508 e. The van der Waals surface area contributed by atoms with E-state index in [4.69, 9.17) is 41.9 Å². The van der Waals surface area contributed by atoms with E-state index in [1.165, 1.54) is 24.3 Å². The van der Waals surface area contributed by atoms with Crippen molar-refractivity contribution in [2.24, 2.45) is 0 Å². The second-order valence-electron chi connectivity index (χ2n) is 13.4. The van der Waals surface area contributed by atoms with Gasteiger partial charge in [-0.1, -0.05) is 66.2 Å². The van der Waals surface area contributed by atoms with Crippen molar-refractivity contribution >= 4 is 70.0 Å². The van der Waals surface area contributed by atoms with Gasteiger partial charge in [-0.3, -0.25) is 9.59 Å². The highest BCUT2D eigenvalue weighted by atomic mass is 35.5. The lowest BCUT2D eigenvalue weighted by molar-refractivity contribution is -0.191. The Labute approximate surface area is 339 Å². The number of rotatable bonds is 7. The van der Waals surface area contributed by atoms with E-state index in [1.54, 1.807) is 36.4 Å². The van der Waals surface area contributed by atoms with Crippen molar-refractivity contribution in [1.82, 2.24) is 5.32 Å². The van der Waals surface area contributed by atoms with Crippen molar-refractivity contribution in [3.8, 4) is 39.7 Å². The van der Waals surface area contributed by atoms with E-state index < -0.39 is 11.9 Å². The standard InChI is InChI=1S/C44H30Cl2N2O7.CO2/c1-22-4-12-30-34(16-22)54-35-17-25(48(2)3)9-13-31(35)39(30)41-40(44(52)53)33(45)20-32(42(41)46)43(51)47-21-23-5-7-24(8-6-23)38-28-14-10-26(49)18-36(28)55-37-19-27(50)11-15-29(37)38;2-1-3/h4-20,49H,1,21H2,2-3H3,(H,47,51)(H,52,53);. The van der Waals surface area contributed by atoms with Gasteiger partial charge in [-0.15, -0.1) is 0 Å². The number of ether oxygens (including phenoxy) is 1. The molecule has 0 bridgehead atoms. The summed E-state index contributed by atoms with van der Waals surface area (Å²) in [5, 5.41) is 25.2. The van der Waals surface area contributed by atoms with Crippen LogP contribution < -0.4 is 30.8 Å². The fourth-order valence-electron chi connectivity index (χ4n) is 6.94. The van der Waals surface area contributed by atoms with Crippen LogP contribution in [0, 0.1) is 0 Å². The number of aromatic carboxylic acids is 1. The van der Waals surface area contributed by atoms with E-state index in [9.17, 15) is 24.6 Å². The third-order valence-corrected chi connectivity index (χ3v) is 10.3. The number of phenolic OH excluding ortho intramolecular Hbond substituents is 1. The van der Waals surface area contributed by atoms with E-state index in [1.807, 2.05) is 61.5 Å². The van der Waals surface area contributed by atoms with Crippen LogP contribution in [0.5, 0.6) is 17.2 Å². The predicted octanol–water partition coefficient (Wildman–Crippen LogP) is 7.45. The molecule has 1 aliphatic carbocycles. The molecule has 0 saturated carbocycles. The lowest BCUT2D eigenvalue weighted by atomic mass is 9.88. The average molecular weight is 814 g/mol. The first-order valence-corrected chi connectivity index (χ1v) is 18.2. The van der Waals surface area contributed by atoms with Crippen LogP contribution in [0.25, 0.3) is 45.6 Å². The van der Waals surface area contributed by atoms with Gasteiger partial charge < -0.3 is 29.6 Å². The van der Waals surface area contributed by atoms with Crippen LogP contribution in [0.2, 0.25) is 10.0 Å². The lowest BCUT2D eigenvalue weighted by Gasteiger charge is -2.25. The predicted molar refractivity (Wildman–Crippen MR) is 219 cm³/mol. The summed E-state index contributed by atoms with van der Waals surface area (Å²) in [5.41, 5.74) is 5.06. The molecule has 2 heterocycles.